The zero-order chi connectivity index (χ0) is 18.3. The Bertz CT molecular complexity index is 1040. The molecule has 1 aromatic carbocycles. The van der Waals surface area contributed by atoms with Gasteiger partial charge in [-0.25, -0.2) is 18.6 Å². The first kappa shape index (κ1) is 17.2. The molecule has 0 saturated heterocycles. The molecule has 0 spiro atoms. The molecule has 3 aromatic rings. The van der Waals surface area contributed by atoms with Gasteiger partial charge in [0.25, 0.3) is 5.56 Å². The van der Waals surface area contributed by atoms with Crippen molar-refractivity contribution in [2.75, 3.05) is 0 Å². The third-order valence-corrected chi connectivity index (χ3v) is 4.98. The molecule has 25 heavy (non-hydrogen) atoms. The summed E-state index contributed by atoms with van der Waals surface area (Å²) < 4.78 is 31.7. The molecule has 0 bridgehead atoms. The van der Waals surface area contributed by atoms with Gasteiger partial charge in [-0.05, 0) is 38.5 Å². The van der Waals surface area contributed by atoms with Gasteiger partial charge in [0, 0.05) is 10.9 Å². The number of fused-ring (bicyclic) bond motifs is 1. The summed E-state index contributed by atoms with van der Waals surface area (Å²) in [6.45, 7) is 5.24. The fourth-order valence-electron chi connectivity index (χ4n) is 2.40. The van der Waals surface area contributed by atoms with E-state index >= 15 is 0 Å². The van der Waals surface area contributed by atoms with E-state index in [4.69, 9.17) is 4.74 Å². The maximum absolute atomic E-state index is 13.7. The highest BCUT2D eigenvalue weighted by Crippen LogP contribution is 2.27. The monoisotopic (exact) mass is 364 g/mol. The van der Waals surface area contributed by atoms with Crippen LogP contribution in [0.25, 0.3) is 10.2 Å². The van der Waals surface area contributed by atoms with Crippen LogP contribution in [0.15, 0.2) is 23.0 Å². The van der Waals surface area contributed by atoms with Crippen LogP contribution in [0.2, 0.25) is 0 Å². The highest BCUT2D eigenvalue weighted by atomic mass is 32.1. The second-order valence-corrected chi connectivity index (χ2v) is 6.79. The van der Waals surface area contributed by atoms with Gasteiger partial charge in [-0.3, -0.25) is 4.79 Å². The van der Waals surface area contributed by atoms with Crippen LogP contribution < -0.4 is 5.56 Å². The van der Waals surface area contributed by atoms with Crippen LogP contribution in [0.5, 0.6) is 0 Å². The van der Waals surface area contributed by atoms with Gasteiger partial charge in [-0.15, -0.1) is 11.3 Å². The number of H-pyrrole nitrogens is 1. The first-order valence-corrected chi connectivity index (χ1v) is 8.25. The van der Waals surface area contributed by atoms with E-state index in [0.29, 0.717) is 16.3 Å². The minimum atomic E-state index is -1.02. The second-order valence-electron chi connectivity index (χ2n) is 5.59. The van der Waals surface area contributed by atoms with Crippen LogP contribution in [0.1, 0.15) is 39.7 Å². The summed E-state index contributed by atoms with van der Waals surface area (Å²) in [6.07, 6.45) is -0.906. The van der Waals surface area contributed by atoms with Crippen molar-refractivity contribution < 1.29 is 18.3 Å². The summed E-state index contributed by atoms with van der Waals surface area (Å²) in [4.78, 5) is 32.8. The topological polar surface area (TPSA) is 72.0 Å². The number of nitrogens with one attached hydrogen (secondary N) is 1. The number of ether oxygens (including phenoxy) is 1. The van der Waals surface area contributed by atoms with Crippen LogP contribution in [-0.4, -0.2) is 15.9 Å². The Morgan fingerprint density at radius 1 is 1.32 bits per heavy atom. The number of thiophene rings is 1. The molecule has 0 aliphatic heterocycles. The number of aromatic amines is 1. The van der Waals surface area contributed by atoms with Crippen molar-refractivity contribution in [2.24, 2.45) is 0 Å². The predicted molar refractivity (Wildman–Crippen MR) is 89.9 cm³/mol. The highest BCUT2D eigenvalue weighted by Gasteiger charge is 2.21. The molecule has 1 atom stereocenters. The Labute approximate surface area is 145 Å². The molecule has 8 heteroatoms. The van der Waals surface area contributed by atoms with Crippen LogP contribution in [0.3, 0.4) is 0 Å². The Hall–Kier alpha value is -2.61. The van der Waals surface area contributed by atoms with E-state index in [1.54, 1.807) is 0 Å². The summed E-state index contributed by atoms with van der Waals surface area (Å²) in [7, 11) is 0. The van der Waals surface area contributed by atoms with Gasteiger partial charge in [-0.2, -0.15) is 0 Å². The molecule has 2 heterocycles. The molecule has 0 saturated carbocycles. The molecule has 3 rings (SSSR count). The van der Waals surface area contributed by atoms with Crippen molar-refractivity contribution in [3.63, 3.8) is 0 Å². The number of aromatic nitrogens is 2. The molecule has 130 valence electrons. The number of rotatable bonds is 3. The summed E-state index contributed by atoms with van der Waals surface area (Å²) in [5.41, 5.74) is 0.149. The Morgan fingerprint density at radius 2 is 2.04 bits per heavy atom. The lowest BCUT2D eigenvalue weighted by Gasteiger charge is -2.13. The van der Waals surface area contributed by atoms with Gasteiger partial charge in [0.2, 0.25) is 0 Å². The van der Waals surface area contributed by atoms with E-state index in [1.807, 2.05) is 13.8 Å². The zero-order valence-electron chi connectivity index (χ0n) is 13.6. The fraction of sp³-hybridized carbons (Fsp3) is 0.235. The SMILES string of the molecule is Cc1sc2nc([C@@H](C)OC(=O)c3ccc(F)cc3F)[nH]c(=O)c2c1C. The van der Waals surface area contributed by atoms with Crippen LogP contribution in [0, 0.1) is 25.5 Å². The standard InChI is InChI=1S/C17H14F2N2O3S/c1-7-9(3)25-16-13(7)15(22)20-14(21-16)8(2)24-17(23)11-5-4-10(18)6-12(11)19/h4-6,8H,1-3H3,(H,20,21,22)/t8-/m1/s1. The Kier molecular flexibility index (Phi) is 4.38. The van der Waals surface area contributed by atoms with E-state index in [9.17, 15) is 18.4 Å². The minimum Gasteiger partial charge on any atom is -0.451 e. The Balaban J connectivity index is 1.90. The van der Waals surface area contributed by atoms with Gasteiger partial charge in [0.1, 0.15) is 16.5 Å². The largest absolute Gasteiger partial charge is 0.451 e. The number of carbonyl (C=O) groups excluding carboxylic acids is 1. The Morgan fingerprint density at radius 3 is 2.72 bits per heavy atom. The number of halogens is 2. The van der Waals surface area contributed by atoms with E-state index in [0.717, 1.165) is 22.6 Å². The number of nitrogens with zero attached hydrogens (tertiary/aromatic N) is 1. The third-order valence-electron chi connectivity index (χ3n) is 3.88. The first-order valence-electron chi connectivity index (χ1n) is 7.44. The summed E-state index contributed by atoms with van der Waals surface area (Å²) in [5, 5.41) is 0.509. The molecule has 2 aromatic heterocycles. The molecule has 0 aliphatic carbocycles. The molecule has 1 N–H and O–H groups in total. The lowest BCUT2D eigenvalue weighted by atomic mass is 10.2. The minimum absolute atomic E-state index is 0.162. The number of benzene rings is 1. The number of hydrogen-bond acceptors (Lipinski definition) is 5. The van der Waals surface area contributed by atoms with Gasteiger partial charge >= 0.3 is 5.97 Å². The van der Waals surface area contributed by atoms with E-state index in [-0.39, 0.29) is 16.9 Å². The van der Waals surface area contributed by atoms with Crippen molar-refractivity contribution in [1.29, 1.82) is 0 Å². The van der Waals surface area contributed by atoms with E-state index in [2.05, 4.69) is 9.97 Å². The summed E-state index contributed by atoms with van der Waals surface area (Å²) in [5.74, 6) is -2.61. The summed E-state index contributed by atoms with van der Waals surface area (Å²) in [6, 6.07) is 2.57. The maximum atomic E-state index is 13.7. The average Bonchev–Trinajstić information content (AvgIpc) is 2.82. The van der Waals surface area contributed by atoms with Gasteiger partial charge < -0.3 is 9.72 Å². The third kappa shape index (κ3) is 3.17. The molecular weight excluding hydrogens is 350 g/mol. The summed E-state index contributed by atoms with van der Waals surface area (Å²) >= 11 is 1.37. The molecular formula is C17H14F2N2O3S. The van der Waals surface area contributed by atoms with Crippen molar-refractivity contribution in [2.45, 2.75) is 26.9 Å². The number of aryl methyl sites for hydroxylation is 2. The number of carbonyl (C=O) groups is 1. The number of hydrogen-bond donors (Lipinski definition) is 1. The van der Waals surface area contributed by atoms with Crippen molar-refractivity contribution >= 4 is 27.5 Å². The molecule has 0 fully saturated rings. The van der Waals surface area contributed by atoms with Crippen molar-refractivity contribution in [3.05, 3.63) is 62.0 Å². The van der Waals surface area contributed by atoms with E-state index in [1.165, 1.54) is 18.3 Å². The molecule has 0 amide bonds. The second kappa shape index (κ2) is 6.36. The smallest absolute Gasteiger partial charge is 0.341 e. The first-order chi connectivity index (χ1) is 11.8. The fourth-order valence-corrected chi connectivity index (χ4v) is 3.44. The van der Waals surface area contributed by atoms with Crippen molar-refractivity contribution in [1.82, 2.24) is 9.97 Å². The van der Waals surface area contributed by atoms with Gasteiger partial charge in [-0.1, -0.05) is 0 Å². The lowest BCUT2D eigenvalue weighted by Crippen LogP contribution is -2.17. The molecule has 0 unspecified atom stereocenters. The number of esters is 1. The van der Waals surface area contributed by atoms with Crippen LogP contribution in [0.4, 0.5) is 8.78 Å². The van der Waals surface area contributed by atoms with Gasteiger partial charge in [0.05, 0.1) is 10.9 Å². The maximum Gasteiger partial charge on any atom is 0.341 e. The van der Waals surface area contributed by atoms with Crippen LogP contribution >= 0.6 is 11.3 Å². The van der Waals surface area contributed by atoms with Crippen molar-refractivity contribution in [3.8, 4) is 0 Å². The quantitative estimate of drug-likeness (QED) is 0.718. The zero-order valence-corrected chi connectivity index (χ0v) is 14.5. The lowest BCUT2D eigenvalue weighted by molar-refractivity contribution is 0.0314. The van der Waals surface area contributed by atoms with Crippen LogP contribution in [-0.2, 0) is 4.74 Å². The molecule has 0 radical (unpaired) electrons. The highest BCUT2D eigenvalue weighted by molar-refractivity contribution is 7.18. The molecule has 5 nitrogen and oxygen atoms in total. The van der Waals surface area contributed by atoms with E-state index < -0.39 is 23.7 Å². The predicted octanol–water partition coefficient (Wildman–Crippen LogP) is 3.80. The van der Waals surface area contributed by atoms with Gasteiger partial charge in [0.15, 0.2) is 11.9 Å². The molecule has 0 aliphatic rings. The average molecular weight is 364 g/mol. The normalized spacial score (nSPS) is 12.4.